The first-order valence-corrected chi connectivity index (χ1v) is 9.31. The third-order valence-electron chi connectivity index (χ3n) is 3.70. The number of aryl methyl sites for hydroxylation is 1. The molecule has 0 atom stereocenters. The summed E-state index contributed by atoms with van der Waals surface area (Å²) in [6.07, 6.45) is 2.44. The van der Waals surface area contributed by atoms with Gasteiger partial charge in [-0.2, -0.15) is 4.99 Å². The number of hydrogen-bond donors (Lipinski definition) is 0. The molecule has 2 rings (SSSR count). The normalized spacial score (nSPS) is 11.7. The van der Waals surface area contributed by atoms with Crippen LogP contribution in [0, 0.1) is 0 Å². The van der Waals surface area contributed by atoms with Gasteiger partial charge in [0.1, 0.15) is 5.75 Å². The third-order valence-corrected chi connectivity index (χ3v) is 4.74. The van der Waals surface area contributed by atoms with E-state index in [1.807, 2.05) is 36.6 Å². The first kappa shape index (κ1) is 19.2. The molecule has 1 amide bonds. The minimum Gasteiger partial charge on any atom is -0.494 e. The fourth-order valence-corrected chi connectivity index (χ4v) is 3.51. The highest BCUT2D eigenvalue weighted by Crippen LogP contribution is 2.23. The first-order chi connectivity index (χ1) is 12.1. The predicted octanol–water partition coefficient (Wildman–Crippen LogP) is 3.28. The van der Waals surface area contributed by atoms with Gasteiger partial charge in [0, 0.05) is 13.0 Å². The Hall–Kier alpha value is -2.15. The van der Waals surface area contributed by atoms with Crippen molar-refractivity contribution >= 4 is 33.4 Å². The molecule has 6 nitrogen and oxygen atoms in total. The minimum absolute atomic E-state index is 0.134. The van der Waals surface area contributed by atoms with E-state index in [4.69, 9.17) is 9.47 Å². The van der Waals surface area contributed by atoms with Crippen LogP contribution in [0.15, 0.2) is 23.2 Å². The van der Waals surface area contributed by atoms with Gasteiger partial charge in [-0.05, 0) is 31.5 Å². The second-order valence-corrected chi connectivity index (χ2v) is 6.54. The van der Waals surface area contributed by atoms with Crippen LogP contribution < -0.4 is 9.54 Å². The second-order valence-electron chi connectivity index (χ2n) is 5.53. The van der Waals surface area contributed by atoms with Gasteiger partial charge in [-0.25, -0.2) is 0 Å². The lowest BCUT2D eigenvalue weighted by Gasteiger charge is -2.06. The van der Waals surface area contributed by atoms with Crippen LogP contribution in [0.1, 0.15) is 39.5 Å². The molecule has 0 saturated heterocycles. The molecule has 0 bridgehead atoms. The smallest absolute Gasteiger partial charge is 0.307 e. The second kappa shape index (κ2) is 9.36. The summed E-state index contributed by atoms with van der Waals surface area (Å²) in [5.74, 6) is 0.353. The maximum absolute atomic E-state index is 12.1. The number of methoxy groups -OCH3 is 1. The molecule has 1 heterocycles. The van der Waals surface area contributed by atoms with Crippen molar-refractivity contribution in [1.29, 1.82) is 0 Å². The summed E-state index contributed by atoms with van der Waals surface area (Å²) in [5, 5.41) is 0. The molecule has 1 aromatic carbocycles. The molecule has 0 aliphatic heterocycles. The Kier molecular flexibility index (Phi) is 7.18. The molecular formula is C18H24N2O4S. The zero-order valence-electron chi connectivity index (χ0n) is 14.9. The number of amides is 1. The van der Waals surface area contributed by atoms with Gasteiger partial charge >= 0.3 is 5.97 Å². The number of fused-ring (bicyclic) bond motifs is 1. The molecule has 0 aliphatic rings. The Morgan fingerprint density at radius 2 is 2.04 bits per heavy atom. The monoisotopic (exact) mass is 364 g/mol. The Balaban J connectivity index is 2.43. The van der Waals surface area contributed by atoms with Gasteiger partial charge in [0.2, 0.25) is 5.91 Å². The highest BCUT2D eigenvalue weighted by atomic mass is 32.1. The lowest BCUT2D eigenvalue weighted by molar-refractivity contribution is -0.140. The highest BCUT2D eigenvalue weighted by molar-refractivity contribution is 7.16. The molecule has 0 aliphatic carbocycles. The molecule has 0 unspecified atom stereocenters. The van der Waals surface area contributed by atoms with E-state index in [-0.39, 0.29) is 18.3 Å². The van der Waals surface area contributed by atoms with Gasteiger partial charge in [0.15, 0.2) is 4.80 Å². The molecule has 0 N–H and O–H groups in total. The first-order valence-electron chi connectivity index (χ1n) is 8.49. The third kappa shape index (κ3) is 5.16. The van der Waals surface area contributed by atoms with Crippen LogP contribution in [0.3, 0.4) is 0 Å². The van der Waals surface area contributed by atoms with E-state index in [1.165, 1.54) is 18.4 Å². The van der Waals surface area contributed by atoms with Gasteiger partial charge in [-0.3, -0.25) is 9.59 Å². The van der Waals surface area contributed by atoms with Crippen LogP contribution in [-0.4, -0.2) is 30.2 Å². The Morgan fingerprint density at radius 1 is 1.24 bits per heavy atom. The van der Waals surface area contributed by atoms with Gasteiger partial charge in [0.05, 0.1) is 30.4 Å². The molecular weight excluding hydrogens is 340 g/mol. The topological polar surface area (TPSA) is 69.9 Å². The zero-order valence-corrected chi connectivity index (χ0v) is 15.7. The van der Waals surface area contributed by atoms with Crippen molar-refractivity contribution in [3.63, 3.8) is 0 Å². The van der Waals surface area contributed by atoms with Gasteiger partial charge in [-0.1, -0.05) is 24.7 Å². The van der Waals surface area contributed by atoms with Crippen LogP contribution >= 0.6 is 11.3 Å². The van der Waals surface area contributed by atoms with E-state index >= 15 is 0 Å². The number of aromatic nitrogens is 1. The summed E-state index contributed by atoms with van der Waals surface area (Å²) < 4.78 is 13.1. The van der Waals surface area contributed by atoms with Crippen LogP contribution in [-0.2, 0) is 20.9 Å². The standard InChI is InChI=1S/C18H24N2O4S/c1-4-6-7-16(21)19-18-20(11-10-17(22)23-3)14-9-8-13(24-5-2)12-15(14)25-18/h8-9,12H,4-7,10-11H2,1-3H3. The molecule has 0 saturated carbocycles. The maximum atomic E-state index is 12.1. The maximum Gasteiger partial charge on any atom is 0.307 e. The Bertz CT molecular complexity index is 807. The van der Waals surface area contributed by atoms with Crippen LogP contribution in [0.25, 0.3) is 10.2 Å². The minimum atomic E-state index is -0.291. The summed E-state index contributed by atoms with van der Waals surface area (Å²) in [6.45, 7) is 4.98. The summed E-state index contributed by atoms with van der Waals surface area (Å²) >= 11 is 1.43. The molecule has 0 radical (unpaired) electrons. The van der Waals surface area contributed by atoms with E-state index < -0.39 is 0 Å². The SMILES string of the molecule is CCCCC(=O)N=c1sc2cc(OCC)ccc2n1CCC(=O)OC. The lowest BCUT2D eigenvalue weighted by atomic mass is 10.2. The number of rotatable bonds is 8. The van der Waals surface area contributed by atoms with Crippen molar-refractivity contribution in [2.75, 3.05) is 13.7 Å². The molecule has 0 fully saturated rings. The van der Waals surface area contributed by atoms with Crippen molar-refractivity contribution in [3.8, 4) is 5.75 Å². The fraction of sp³-hybridized carbons (Fsp3) is 0.500. The predicted molar refractivity (Wildman–Crippen MR) is 97.7 cm³/mol. The van der Waals surface area contributed by atoms with Crippen molar-refractivity contribution in [2.24, 2.45) is 4.99 Å². The van der Waals surface area contributed by atoms with Gasteiger partial charge < -0.3 is 14.0 Å². The Morgan fingerprint density at radius 3 is 2.72 bits per heavy atom. The van der Waals surface area contributed by atoms with Crippen molar-refractivity contribution in [3.05, 3.63) is 23.0 Å². The number of nitrogens with zero attached hydrogens (tertiary/aromatic N) is 2. The zero-order chi connectivity index (χ0) is 18.2. The van der Waals surface area contributed by atoms with Crippen molar-refractivity contribution in [1.82, 2.24) is 4.57 Å². The molecule has 2 aromatic rings. The molecule has 136 valence electrons. The Labute approximate surface area is 151 Å². The lowest BCUT2D eigenvalue weighted by Crippen LogP contribution is -2.19. The van der Waals surface area contributed by atoms with E-state index in [0.717, 1.165) is 28.8 Å². The number of esters is 1. The average molecular weight is 364 g/mol. The van der Waals surface area contributed by atoms with Gasteiger partial charge in [0.25, 0.3) is 0 Å². The van der Waals surface area contributed by atoms with E-state index in [9.17, 15) is 9.59 Å². The van der Waals surface area contributed by atoms with E-state index in [1.54, 1.807) is 0 Å². The summed E-state index contributed by atoms with van der Waals surface area (Å²) in [5.41, 5.74) is 0.930. The number of carbonyl (C=O) groups is 2. The van der Waals surface area contributed by atoms with E-state index in [2.05, 4.69) is 4.99 Å². The number of benzene rings is 1. The number of thiazole rings is 1. The van der Waals surface area contributed by atoms with Crippen LogP contribution in [0.2, 0.25) is 0 Å². The summed E-state index contributed by atoms with van der Waals surface area (Å²) in [6, 6.07) is 5.76. The number of carbonyl (C=O) groups excluding carboxylic acids is 2. The molecule has 0 spiro atoms. The highest BCUT2D eigenvalue weighted by Gasteiger charge is 2.11. The average Bonchev–Trinajstić information content (AvgIpc) is 2.94. The van der Waals surface area contributed by atoms with Crippen molar-refractivity contribution < 1.29 is 19.1 Å². The van der Waals surface area contributed by atoms with E-state index in [0.29, 0.717) is 24.4 Å². The number of unbranched alkanes of at least 4 members (excludes halogenated alkanes) is 1. The molecule has 25 heavy (non-hydrogen) atoms. The number of hydrogen-bond acceptors (Lipinski definition) is 5. The summed E-state index contributed by atoms with van der Waals surface area (Å²) in [4.78, 5) is 28.5. The fourth-order valence-electron chi connectivity index (χ4n) is 2.41. The van der Waals surface area contributed by atoms with Crippen LogP contribution in [0.4, 0.5) is 0 Å². The molecule has 1 aromatic heterocycles. The molecule has 7 heteroatoms. The largest absolute Gasteiger partial charge is 0.494 e. The quantitative estimate of drug-likeness (QED) is 0.674. The van der Waals surface area contributed by atoms with Gasteiger partial charge in [-0.15, -0.1) is 0 Å². The number of ether oxygens (including phenoxy) is 2. The van der Waals surface area contributed by atoms with Crippen LogP contribution in [0.5, 0.6) is 5.75 Å². The van der Waals surface area contributed by atoms with Crippen molar-refractivity contribution in [2.45, 2.75) is 46.1 Å². The summed E-state index contributed by atoms with van der Waals surface area (Å²) in [7, 11) is 1.37.